The Bertz CT molecular complexity index is 542. The van der Waals surface area contributed by atoms with Crippen LogP contribution in [0.5, 0.6) is 5.75 Å². The van der Waals surface area contributed by atoms with Crippen molar-refractivity contribution in [3.63, 3.8) is 0 Å². The standard InChI is InChI=1S/C13H15FN2OS/c1-8-13(18-7-16-8)12(15-2)9-4-5-11(17-3)10(14)6-9/h4-7,12,15H,1-3H3. The summed E-state index contributed by atoms with van der Waals surface area (Å²) in [4.78, 5) is 5.33. The summed E-state index contributed by atoms with van der Waals surface area (Å²) in [6, 6.07) is 4.96. The molecule has 1 atom stereocenters. The zero-order valence-corrected chi connectivity index (χ0v) is 11.3. The molecule has 2 rings (SSSR count). The Morgan fingerprint density at radius 1 is 1.44 bits per heavy atom. The predicted octanol–water partition coefficient (Wildman–Crippen LogP) is 2.91. The van der Waals surface area contributed by atoms with Gasteiger partial charge >= 0.3 is 0 Å². The molecule has 0 spiro atoms. The van der Waals surface area contributed by atoms with Gasteiger partial charge in [0.05, 0.1) is 24.4 Å². The number of rotatable bonds is 4. The predicted molar refractivity (Wildman–Crippen MR) is 70.7 cm³/mol. The Balaban J connectivity index is 2.40. The third-order valence-electron chi connectivity index (χ3n) is 2.84. The number of nitrogens with one attached hydrogen (secondary N) is 1. The maximum atomic E-state index is 13.7. The molecule has 0 bridgehead atoms. The first kappa shape index (κ1) is 13.0. The van der Waals surface area contributed by atoms with Crippen LogP contribution in [-0.2, 0) is 0 Å². The molecule has 1 N–H and O–H groups in total. The second-order valence-corrected chi connectivity index (χ2v) is 4.80. The molecule has 1 aromatic heterocycles. The second kappa shape index (κ2) is 5.46. The molecule has 1 unspecified atom stereocenters. The molecule has 2 aromatic rings. The summed E-state index contributed by atoms with van der Waals surface area (Å²) >= 11 is 1.57. The number of methoxy groups -OCH3 is 1. The van der Waals surface area contributed by atoms with E-state index < -0.39 is 0 Å². The van der Waals surface area contributed by atoms with Crippen molar-refractivity contribution in [3.05, 3.63) is 45.7 Å². The highest BCUT2D eigenvalue weighted by Crippen LogP contribution is 2.29. The van der Waals surface area contributed by atoms with Crippen molar-refractivity contribution >= 4 is 11.3 Å². The van der Waals surface area contributed by atoms with Crippen molar-refractivity contribution in [2.75, 3.05) is 14.2 Å². The number of ether oxygens (including phenoxy) is 1. The molecule has 0 radical (unpaired) electrons. The van der Waals surface area contributed by atoms with Crippen LogP contribution >= 0.6 is 11.3 Å². The molecule has 0 aliphatic heterocycles. The van der Waals surface area contributed by atoms with Crippen molar-refractivity contribution in [2.24, 2.45) is 0 Å². The summed E-state index contributed by atoms with van der Waals surface area (Å²) in [5.41, 5.74) is 3.63. The molecule has 0 aliphatic carbocycles. The van der Waals surface area contributed by atoms with Crippen LogP contribution < -0.4 is 10.1 Å². The van der Waals surface area contributed by atoms with E-state index in [4.69, 9.17) is 4.74 Å². The van der Waals surface area contributed by atoms with Gasteiger partial charge in [-0.15, -0.1) is 11.3 Å². The summed E-state index contributed by atoms with van der Waals surface area (Å²) in [6.45, 7) is 1.95. The quantitative estimate of drug-likeness (QED) is 0.924. The van der Waals surface area contributed by atoms with Gasteiger partial charge in [-0.2, -0.15) is 0 Å². The Kier molecular flexibility index (Phi) is 3.93. The molecule has 0 saturated carbocycles. The number of aryl methyl sites for hydroxylation is 1. The topological polar surface area (TPSA) is 34.1 Å². The zero-order chi connectivity index (χ0) is 13.1. The van der Waals surface area contributed by atoms with E-state index in [-0.39, 0.29) is 17.6 Å². The molecule has 5 heteroatoms. The first-order chi connectivity index (χ1) is 8.67. The number of halogens is 1. The number of thiazole rings is 1. The summed E-state index contributed by atoms with van der Waals surface area (Å²) < 4.78 is 18.6. The highest BCUT2D eigenvalue weighted by molar-refractivity contribution is 7.09. The smallest absolute Gasteiger partial charge is 0.165 e. The van der Waals surface area contributed by atoms with Crippen LogP contribution in [0, 0.1) is 12.7 Å². The molecule has 0 aliphatic rings. The Morgan fingerprint density at radius 2 is 2.22 bits per heavy atom. The van der Waals surface area contributed by atoms with Crippen LogP contribution in [0.3, 0.4) is 0 Å². The first-order valence-electron chi connectivity index (χ1n) is 5.58. The third-order valence-corrected chi connectivity index (χ3v) is 3.84. The van der Waals surface area contributed by atoms with Gasteiger partial charge in [-0.1, -0.05) is 6.07 Å². The van der Waals surface area contributed by atoms with Crippen LogP contribution in [0.4, 0.5) is 4.39 Å². The van der Waals surface area contributed by atoms with Crippen molar-refractivity contribution in [1.82, 2.24) is 10.3 Å². The highest BCUT2D eigenvalue weighted by atomic mass is 32.1. The molecular weight excluding hydrogens is 251 g/mol. The monoisotopic (exact) mass is 266 g/mol. The summed E-state index contributed by atoms with van der Waals surface area (Å²) in [5, 5.41) is 3.19. The van der Waals surface area contributed by atoms with Gasteiger partial charge in [0.1, 0.15) is 0 Å². The van der Waals surface area contributed by atoms with E-state index >= 15 is 0 Å². The number of aromatic nitrogens is 1. The number of nitrogens with zero attached hydrogens (tertiary/aromatic N) is 1. The van der Waals surface area contributed by atoms with Crippen molar-refractivity contribution in [2.45, 2.75) is 13.0 Å². The van der Waals surface area contributed by atoms with Crippen LogP contribution in [-0.4, -0.2) is 19.1 Å². The van der Waals surface area contributed by atoms with Crippen molar-refractivity contribution in [1.29, 1.82) is 0 Å². The molecule has 1 aromatic carbocycles. The Morgan fingerprint density at radius 3 is 2.72 bits per heavy atom. The van der Waals surface area contributed by atoms with Crippen LogP contribution in [0.2, 0.25) is 0 Å². The molecule has 18 heavy (non-hydrogen) atoms. The summed E-state index contributed by atoms with van der Waals surface area (Å²) in [5.74, 6) is -0.0907. The fourth-order valence-corrected chi connectivity index (χ4v) is 2.84. The molecule has 3 nitrogen and oxygen atoms in total. The highest BCUT2D eigenvalue weighted by Gasteiger charge is 2.18. The van der Waals surface area contributed by atoms with Gasteiger partial charge in [0.15, 0.2) is 11.6 Å². The van der Waals surface area contributed by atoms with Gasteiger partial charge in [0.25, 0.3) is 0 Å². The van der Waals surface area contributed by atoms with E-state index in [0.717, 1.165) is 16.1 Å². The van der Waals surface area contributed by atoms with Crippen LogP contribution in [0.1, 0.15) is 22.2 Å². The van der Waals surface area contributed by atoms with Gasteiger partial charge in [-0.25, -0.2) is 9.37 Å². The Hall–Kier alpha value is -1.46. The number of hydrogen-bond acceptors (Lipinski definition) is 4. The maximum Gasteiger partial charge on any atom is 0.165 e. The molecule has 96 valence electrons. The van der Waals surface area contributed by atoms with Crippen LogP contribution in [0.15, 0.2) is 23.7 Å². The van der Waals surface area contributed by atoms with E-state index in [9.17, 15) is 4.39 Å². The van der Waals surface area contributed by atoms with E-state index in [0.29, 0.717) is 0 Å². The van der Waals surface area contributed by atoms with Gasteiger partial charge < -0.3 is 10.1 Å². The minimum atomic E-state index is -0.350. The normalized spacial score (nSPS) is 12.4. The van der Waals surface area contributed by atoms with Gasteiger partial charge in [-0.3, -0.25) is 0 Å². The van der Waals surface area contributed by atoms with Crippen molar-refractivity contribution < 1.29 is 9.13 Å². The van der Waals surface area contributed by atoms with E-state index in [1.807, 2.05) is 20.0 Å². The molecule has 0 saturated heterocycles. The largest absolute Gasteiger partial charge is 0.494 e. The lowest BCUT2D eigenvalue weighted by Crippen LogP contribution is -2.17. The lowest BCUT2D eigenvalue weighted by atomic mass is 10.0. The van der Waals surface area contributed by atoms with Crippen LogP contribution in [0.25, 0.3) is 0 Å². The van der Waals surface area contributed by atoms with E-state index in [2.05, 4.69) is 10.3 Å². The molecule has 1 heterocycles. The average molecular weight is 266 g/mol. The number of hydrogen-bond donors (Lipinski definition) is 1. The lowest BCUT2D eigenvalue weighted by Gasteiger charge is -2.16. The molecule has 0 fully saturated rings. The van der Waals surface area contributed by atoms with E-state index in [1.54, 1.807) is 22.9 Å². The first-order valence-corrected chi connectivity index (χ1v) is 6.46. The summed E-state index contributed by atoms with van der Waals surface area (Å²) in [7, 11) is 3.31. The van der Waals surface area contributed by atoms with Crippen molar-refractivity contribution in [3.8, 4) is 5.75 Å². The average Bonchev–Trinajstić information content (AvgIpc) is 2.77. The Labute approximate surface area is 110 Å². The lowest BCUT2D eigenvalue weighted by molar-refractivity contribution is 0.386. The second-order valence-electron chi connectivity index (χ2n) is 3.92. The minimum Gasteiger partial charge on any atom is -0.494 e. The maximum absolute atomic E-state index is 13.7. The minimum absolute atomic E-state index is 0.0436. The fourth-order valence-electron chi connectivity index (χ4n) is 1.90. The van der Waals surface area contributed by atoms with E-state index in [1.165, 1.54) is 13.2 Å². The van der Waals surface area contributed by atoms with Gasteiger partial charge in [0, 0.05) is 4.88 Å². The zero-order valence-electron chi connectivity index (χ0n) is 10.5. The number of benzene rings is 1. The fraction of sp³-hybridized carbons (Fsp3) is 0.308. The molecular formula is C13H15FN2OS. The van der Waals surface area contributed by atoms with Gasteiger partial charge in [-0.05, 0) is 31.7 Å². The summed E-state index contributed by atoms with van der Waals surface area (Å²) in [6.07, 6.45) is 0. The van der Waals surface area contributed by atoms with Gasteiger partial charge in [0.2, 0.25) is 0 Å². The molecule has 0 amide bonds. The third kappa shape index (κ3) is 2.37. The SMILES string of the molecule is CNC(c1ccc(OC)c(F)c1)c1scnc1C.